The molecule has 0 fully saturated rings. The number of hydrogen-bond acceptors (Lipinski definition) is 4. The maximum atomic E-state index is 12.6. The summed E-state index contributed by atoms with van der Waals surface area (Å²) in [6.07, 6.45) is -1.18. The molecule has 0 bridgehead atoms. The molecule has 0 heterocycles. The van der Waals surface area contributed by atoms with E-state index < -0.39 is 15.9 Å². The van der Waals surface area contributed by atoms with Crippen molar-refractivity contribution >= 4 is 86.9 Å². The molecular formula is C19H18Cl5N3O3S. The van der Waals surface area contributed by atoms with Crippen LogP contribution in [-0.2, 0) is 11.2 Å². The summed E-state index contributed by atoms with van der Waals surface area (Å²) < 4.78 is 8.54. The lowest BCUT2D eigenvalue weighted by molar-refractivity contribution is -0.121. The van der Waals surface area contributed by atoms with Crippen LogP contribution in [-0.4, -0.2) is 35.2 Å². The van der Waals surface area contributed by atoms with Gasteiger partial charge >= 0.3 is 0 Å². The number of carbonyl (C=O) groups excluding carboxylic acids is 1. The fourth-order valence-electron chi connectivity index (χ4n) is 2.47. The van der Waals surface area contributed by atoms with Crippen molar-refractivity contribution in [3.63, 3.8) is 0 Å². The van der Waals surface area contributed by atoms with Crippen molar-refractivity contribution < 1.29 is 14.3 Å². The number of hydrogen-bond donors (Lipinski definition) is 3. The van der Waals surface area contributed by atoms with Gasteiger partial charge in [0.05, 0.1) is 31.4 Å². The van der Waals surface area contributed by atoms with Gasteiger partial charge in [-0.1, -0.05) is 64.1 Å². The van der Waals surface area contributed by atoms with E-state index in [1.165, 1.54) is 14.2 Å². The Hall–Kier alpha value is -1.35. The summed E-state index contributed by atoms with van der Waals surface area (Å²) in [7, 11) is 3.03. The van der Waals surface area contributed by atoms with Crippen LogP contribution >= 0.6 is 70.2 Å². The second-order valence-electron chi connectivity index (χ2n) is 6.12. The molecular weight excluding hydrogens is 528 g/mol. The standard InChI is InChI=1S/C19H18Cl5N3O3S/c1-29-12-5-3-10(15(9-12)30-2)7-16(28)26-17(19(22,23)24)27-18(31)25-14-8-11(20)4-6-13(14)21/h3-6,8-9,17H,7H2,1-2H3,(H,26,28)(H2,25,27,31). The van der Waals surface area contributed by atoms with Crippen molar-refractivity contribution in [3.8, 4) is 11.5 Å². The van der Waals surface area contributed by atoms with E-state index in [4.69, 9.17) is 79.7 Å². The first-order chi connectivity index (χ1) is 14.5. The highest BCUT2D eigenvalue weighted by Gasteiger charge is 2.34. The first kappa shape index (κ1) is 25.9. The first-order valence-corrected chi connectivity index (χ1v) is 10.9. The van der Waals surface area contributed by atoms with E-state index in [0.717, 1.165) is 0 Å². The summed E-state index contributed by atoms with van der Waals surface area (Å²) in [5.41, 5.74) is 1.07. The highest BCUT2D eigenvalue weighted by molar-refractivity contribution is 7.80. The van der Waals surface area contributed by atoms with Gasteiger partial charge in [-0.05, 0) is 36.5 Å². The number of nitrogens with one attached hydrogen (secondary N) is 3. The second kappa shape index (κ2) is 11.5. The normalized spacial score (nSPS) is 12.0. The largest absolute Gasteiger partial charge is 0.497 e. The number of methoxy groups -OCH3 is 2. The Morgan fingerprint density at radius 1 is 1.06 bits per heavy atom. The summed E-state index contributed by atoms with van der Waals surface area (Å²) in [6, 6.07) is 9.90. The number of benzene rings is 2. The zero-order chi connectivity index (χ0) is 23.2. The Morgan fingerprint density at radius 3 is 2.39 bits per heavy atom. The molecule has 0 radical (unpaired) electrons. The van der Waals surface area contributed by atoms with Gasteiger partial charge in [-0.2, -0.15) is 0 Å². The molecule has 0 aliphatic rings. The topological polar surface area (TPSA) is 71.6 Å². The quantitative estimate of drug-likeness (QED) is 0.248. The fraction of sp³-hybridized carbons (Fsp3) is 0.263. The molecule has 1 atom stereocenters. The monoisotopic (exact) mass is 543 g/mol. The molecule has 12 heteroatoms. The van der Waals surface area contributed by atoms with E-state index in [0.29, 0.717) is 32.8 Å². The van der Waals surface area contributed by atoms with Crippen molar-refractivity contribution in [1.82, 2.24) is 10.6 Å². The molecule has 168 valence electrons. The summed E-state index contributed by atoms with van der Waals surface area (Å²) in [5.74, 6) is 0.648. The lowest BCUT2D eigenvalue weighted by atomic mass is 10.1. The van der Waals surface area contributed by atoms with Crippen LogP contribution in [0.4, 0.5) is 5.69 Å². The molecule has 2 aromatic carbocycles. The third kappa shape index (κ3) is 7.93. The molecule has 0 aliphatic heterocycles. The lowest BCUT2D eigenvalue weighted by Gasteiger charge is -2.28. The molecule has 2 aromatic rings. The molecule has 0 aliphatic carbocycles. The molecule has 2 rings (SSSR count). The van der Waals surface area contributed by atoms with Crippen molar-refractivity contribution in [2.24, 2.45) is 0 Å². The van der Waals surface area contributed by atoms with Gasteiger partial charge in [-0.25, -0.2) is 0 Å². The molecule has 0 spiro atoms. The zero-order valence-electron chi connectivity index (χ0n) is 16.3. The van der Waals surface area contributed by atoms with E-state index in [1.54, 1.807) is 36.4 Å². The van der Waals surface area contributed by atoms with Crippen molar-refractivity contribution in [2.45, 2.75) is 16.4 Å². The van der Waals surface area contributed by atoms with E-state index in [9.17, 15) is 4.79 Å². The highest BCUT2D eigenvalue weighted by Crippen LogP contribution is 2.30. The predicted octanol–water partition coefficient (Wildman–Crippen LogP) is 5.35. The van der Waals surface area contributed by atoms with Crippen LogP contribution in [0.25, 0.3) is 0 Å². The number of ether oxygens (including phenoxy) is 2. The Kier molecular flexibility index (Phi) is 9.61. The average Bonchev–Trinajstić information content (AvgIpc) is 2.69. The SMILES string of the molecule is COc1ccc(CC(=O)NC(NC(=S)Nc2cc(Cl)ccc2Cl)C(Cl)(Cl)Cl)c(OC)c1. The van der Waals surface area contributed by atoms with Gasteiger partial charge in [0.15, 0.2) is 5.11 Å². The van der Waals surface area contributed by atoms with Gasteiger partial charge in [0.2, 0.25) is 9.70 Å². The minimum atomic E-state index is -1.91. The predicted molar refractivity (Wildman–Crippen MR) is 131 cm³/mol. The minimum Gasteiger partial charge on any atom is -0.497 e. The lowest BCUT2D eigenvalue weighted by Crippen LogP contribution is -2.56. The van der Waals surface area contributed by atoms with Gasteiger partial charge in [-0.15, -0.1) is 0 Å². The number of amides is 1. The van der Waals surface area contributed by atoms with Crippen LogP contribution < -0.4 is 25.4 Å². The third-order valence-corrected chi connectivity index (χ3v) is 5.37. The fourth-order valence-corrected chi connectivity index (χ4v) is 3.36. The van der Waals surface area contributed by atoms with Gasteiger partial charge in [0, 0.05) is 16.7 Å². The first-order valence-electron chi connectivity index (χ1n) is 8.63. The molecule has 0 saturated heterocycles. The maximum absolute atomic E-state index is 12.6. The summed E-state index contributed by atoms with van der Waals surface area (Å²) in [5, 5.41) is 9.11. The maximum Gasteiger partial charge on any atom is 0.228 e. The number of rotatable bonds is 7. The van der Waals surface area contributed by atoms with Crippen LogP contribution in [0, 0.1) is 0 Å². The number of carbonyl (C=O) groups is 1. The van der Waals surface area contributed by atoms with Crippen LogP contribution in [0.2, 0.25) is 10.0 Å². The average molecular weight is 546 g/mol. The second-order valence-corrected chi connectivity index (χ2v) is 9.74. The Bertz CT molecular complexity index is 956. The molecule has 1 amide bonds. The van der Waals surface area contributed by atoms with Crippen LogP contribution in [0.3, 0.4) is 0 Å². The van der Waals surface area contributed by atoms with Crippen LogP contribution in [0.5, 0.6) is 11.5 Å². The molecule has 6 nitrogen and oxygen atoms in total. The number of anilines is 1. The highest BCUT2D eigenvalue weighted by atomic mass is 35.6. The van der Waals surface area contributed by atoms with Gasteiger partial charge in [-0.3, -0.25) is 4.79 Å². The van der Waals surface area contributed by atoms with E-state index in [2.05, 4.69) is 16.0 Å². The summed E-state index contributed by atoms with van der Waals surface area (Å²) >= 11 is 35.4. The Morgan fingerprint density at radius 2 is 1.77 bits per heavy atom. The van der Waals surface area contributed by atoms with Gasteiger partial charge < -0.3 is 25.4 Å². The van der Waals surface area contributed by atoms with E-state index >= 15 is 0 Å². The Balaban J connectivity index is 2.08. The van der Waals surface area contributed by atoms with E-state index in [-0.39, 0.29) is 11.5 Å². The smallest absolute Gasteiger partial charge is 0.228 e. The minimum absolute atomic E-state index is 0.0353. The van der Waals surface area contributed by atoms with E-state index in [1.807, 2.05) is 0 Å². The molecule has 31 heavy (non-hydrogen) atoms. The van der Waals surface area contributed by atoms with Crippen molar-refractivity contribution in [2.75, 3.05) is 19.5 Å². The number of halogens is 5. The molecule has 1 unspecified atom stereocenters. The molecule has 0 saturated carbocycles. The molecule has 0 aromatic heterocycles. The van der Waals surface area contributed by atoms with Crippen LogP contribution in [0.15, 0.2) is 36.4 Å². The Labute approximate surface area is 210 Å². The molecule has 3 N–H and O–H groups in total. The van der Waals surface area contributed by atoms with Gasteiger partial charge in [0.25, 0.3) is 0 Å². The van der Waals surface area contributed by atoms with Crippen molar-refractivity contribution in [1.29, 1.82) is 0 Å². The zero-order valence-corrected chi connectivity index (χ0v) is 20.9. The number of thiocarbonyl (C=S) groups is 1. The summed E-state index contributed by atoms with van der Waals surface area (Å²) in [4.78, 5) is 12.6. The van der Waals surface area contributed by atoms with Crippen LogP contribution in [0.1, 0.15) is 5.56 Å². The summed E-state index contributed by atoms with van der Waals surface area (Å²) in [6.45, 7) is 0. The third-order valence-electron chi connectivity index (χ3n) is 3.93. The van der Waals surface area contributed by atoms with Gasteiger partial charge in [0.1, 0.15) is 17.7 Å². The number of alkyl halides is 3. The van der Waals surface area contributed by atoms with Crippen molar-refractivity contribution in [3.05, 3.63) is 52.0 Å².